The van der Waals surface area contributed by atoms with E-state index in [9.17, 15) is 4.79 Å². The van der Waals surface area contributed by atoms with Gasteiger partial charge in [-0.1, -0.05) is 64.7 Å². The normalized spacial score (nSPS) is 12.0. The van der Waals surface area contributed by atoms with Gasteiger partial charge in [-0.15, -0.1) is 10.2 Å². The Labute approximate surface area is 149 Å². The Hall–Kier alpha value is -1.31. The van der Waals surface area contributed by atoms with Gasteiger partial charge in [0, 0.05) is 11.4 Å². The van der Waals surface area contributed by atoms with Crippen molar-refractivity contribution in [1.29, 1.82) is 0 Å². The van der Waals surface area contributed by atoms with Gasteiger partial charge in [0.25, 0.3) is 0 Å². The van der Waals surface area contributed by atoms with E-state index in [-0.39, 0.29) is 11.2 Å². The Morgan fingerprint density at radius 2 is 1.96 bits per heavy atom. The molecule has 4 nitrogen and oxygen atoms in total. The number of nitrogens with zero attached hydrogens (tertiary/aromatic N) is 2. The van der Waals surface area contributed by atoms with Gasteiger partial charge in [0.2, 0.25) is 5.91 Å². The molecule has 7 heteroatoms. The first-order chi connectivity index (χ1) is 10.9. The van der Waals surface area contributed by atoms with E-state index >= 15 is 0 Å². The second-order valence-corrected chi connectivity index (χ2v) is 8.98. The fraction of sp³-hybridized carbons (Fsp3) is 0.312. The van der Waals surface area contributed by atoms with Crippen molar-refractivity contribution < 1.29 is 4.79 Å². The number of thioether (sulfide) groups is 2. The monoisotopic (exact) mass is 365 g/mol. The van der Waals surface area contributed by atoms with Gasteiger partial charge in [-0.2, -0.15) is 0 Å². The molecule has 2 rings (SSSR count). The van der Waals surface area contributed by atoms with E-state index in [1.807, 2.05) is 45.0 Å². The molecule has 0 spiro atoms. The van der Waals surface area contributed by atoms with Crippen LogP contribution in [0.25, 0.3) is 0 Å². The molecular formula is C16H19N3OS3. The van der Waals surface area contributed by atoms with Gasteiger partial charge in [-0.3, -0.25) is 4.79 Å². The average Bonchev–Trinajstić information content (AvgIpc) is 2.95. The van der Waals surface area contributed by atoms with Crippen molar-refractivity contribution in [2.75, 3.05) is 11.1 Å². The van der Waals surface area contributed by atoms with Gasteiger partial charge in [0.1, 0.15) is 0 Å². The zero-order chi connectivity index (χ0) is 16.8. The van der Waals surface area contributed by atoms with Gasteiger partial charge in [0.15, 0.2) is 8.68 Å². The highest BCUT2D eigenvalue weighted by Crippen LogP contribution is 2.32. The van der Waals surface area contributed by atoms with Crippen LogP contribution >= 0.6 is 34.9 Å². The number of carbonyl (C=O) groups excluding carboxylic acids is 1. The van der Waals surface area contributed by atoms with Gasteiger partial charge < -0.3 is 5.32 Å². The summed E-state index contributed by atoms with van der Waals surface area (Å²) in [4.78, 5) is 12.2. The lowest BCUT2D eigenvalue weighted by Crippen LogP contribution is -2.22. The summed E-state index contributed by atoms with van der Waals surface area (Å²) in [5.74, 6) is 0.799. The number of nitrogens with one attached hydrogen (secondary N) is 1. The van der Waals surface area contributed by atoms with Gasteiger partial charge in [0.05, 0.1) is 5.25 Å². The average molecular weight is 366 g/mol. The third-order valence-electron chi connectivity index (χ3n) is 2.80. The number of aryl methyl sites for hydroxylation is 1. The third kappa shape index (κ3) is 6.01. The fourth-order valence-corrected chi connectivity index (χ4v) is 4.58. The third-order valence-corrected chi connectivity index (χ3v) is 6.27. The number of anilines is 1. The predicted molar refractivity (Wildman–Crippen MR) is 101 cm³/mol. The maximum atomic E-state index is 12.2. The molecule has 122 valence electrons. The molecule has 1 amide bonds. The van der Waals surface area contributed by atoms with Gasteiger partial charge in [-0.25, -0.2) is 0 Å². The van der Waals surface area contributed by atoms with Crippen molar-refractivity contribution in [3.8, 4) is 0 Å². The summed E-state index contributed by atoms with van der Waals surface area (Å²) in [6, 6.07) is 7.76. The molecule has 0 aliphatic carbocycles. The van der Waals surface area contributed by atoms with E-state index in [4.69, 9.17) is 0 Å². The topological polar surface area (TPSA) is 54.9 Å². The summed E-state index contributed by atoms with van der Waals surface area (Å²) in [6.45, 7) is 9.75. The van der Waals surface area contributed by atoms with E-state index < -0.39 is 0 Å². The molecule has 0 saturated heterocycles. The summed E-state index contributed by atoms with van der Waals surface area (Å²) in [5.41, 5.74) is 3.08. The number of rotatable bonds is 7. The molecule has 23 heavy (non-hydrogen) atoms. The van der Waals surface area contributed by atoms with Crippen molar-refractivity contribution in [1.82, 2.24) is 10.2 Å². The standard InChI is InChI=1S/C16H19N3OS3/c1-10(2)9-21-15-18-19-16(23-15)22-12(4)14(20)17-13-7-5-11(3)6-8-13/h5-8,12H,1,9H2,2-4H3,(H,17,20)/t12-/m0/s1. The fourth-order valence-electron chi connectivity index (χ4n) is 1.57. The van der Waals surface area contributed by atoms with Crippen LogP contribution < -0.4 is 5.32 Å². The second kappa shape index (κ2) is 8.52. The molecule has 0 unspecified atom stereocenters. The van der Waals surface area contributed by atoms with Gasteiger partial charge in [-0.05, 0) is 32.9 Å². The molecule has 0 bridgehead atoms. The summed E-state index contributed by atoms with van der Waals surface area (Å²) >= 11 is 4.56. The smallest absolute Gasteiger partial charge is 0.237 e. The van der Waals surface area contributed by atoms with E-state index in [1.165, 1.54) is 28.7 Å². The molecule has 0 aliphatic rings. The van der Waals surface area contributed by atoms with Crippen LogP contribution in [0.15, 0.2) is 45.1 Å². The SMILES string of the molecule is C=C(C)CSc1nnc(S[C@@H](C)C(=O)Nc2ccc(C)cc2)s1. The zero-order valence-electron chi connectivity index (χ0n) is 13.3. The molecule has 1 aromatic carbocycles. The largest absolute Gasteiger partial charge is 0.325 e. The first-order valence-electron chi connectivity index (χ1n) is 7.09. The number of benzene rings is 1. The minimum atomic E-state index is -0.233. The predicted octanol–water partition coefficient (Wildman–Crippen LogP) is 4.63. The quantitative estimate of drug-likeness (QED) is 0.572. The first kappa shape index (κ1) is 18.0. The lowest BCUT2D eigenvalue weighted by Gasteiger charge is -2.10. The van der Waals surface area contributed by atoms with E-state index in [0.29, 0.717) is 0 Å². The molecule has 2 aromatic rings. The molecule has 0 radical (unpaired) electrons. The summed E-state index contributed by atoms with van der Waals surface area (Å²) in [7, 11) is 0. The Bertz CT molecular complexity index is 682. The molecule has 1 aromatic heterocycles. The van der Waals surface area contributed by atoms with Gasteiger partial charge >= 0.3 is 0 Å². The maximum Gasteiger partial charge on any atom is 0.237 e. The van der Waals surface area contributed by atoms with E-state index in [2.05, 4.69) is 22.1 Å². The summed E-state index contributed by atoms with van der Waals surface area (Å²) < 4.78 is 1.71. The lowest BCUT2D eigenvalue weighted by atomic mass is 10.2. The summed E-state index contributed by atoms with van der Waals surface area (Å²) in [5, 5.41) is 11.0. The maximum absolute atomic E-state index is 12.2. The van der Waals surface area contributed by atoms with Crippen LogP contribution in [0.4, 0.5) is 5.69 Å². The molecular weight excluding hydrogens is 346 g/mol. The van der Waals surface area contributed by atoms with Crippen LogP contribution in [-0.2, 0) is 4.79 Å². The van der Waals surface area contributed by atoms with Crippen LogP contribution in [0.1, 0.15) is 19.4 Å². The number of amides is 1. The Morgan fingerprint density at radius 1 is 1.30 bits per heavy atom. The number of hydrogen-bond donors (Lipinski definition) is 1. The van der Waals surface area contributed by atoms with Crippen LogP contribution in [0.3, 0.4) is 0 Å². The molecule has 1 atom stereocenters. The number of aromatic nitrogens is 2. The highest BCUT2D eigenvalue weighted by Gasteiger charge is 2.17. The number of hydrogen-bond acceptors (Lipinski definition) is 6. The minimum absolute atomic E-state index is 0.0369. The second-order valence-electron chi connectivity index (χ2n) is 5.20. The highest BCUT2D eigenvalue weighted by atomic mass is 32.2. The number of carbonyl (C=O) groups is 1. The Balaban J connectivity index is 1.88. The molecule has 1 N–H and O–H groups in total. The van der Waals surface area contributed by atoms with Crippen LogP contribution in [0.5, 0.6) is 0 Å². The molecule has 0 aliphatic heterocycles. The van der Waals surface area contributed by atoms with Crippen molar-refractivity contribution in [2.45, 2.75) is 34.7 Å². The van der Waals surface area contributed by atoms with Crippen molar-refractivity contribution in [3.63, 3.8) is 0 Å². The van der Waals surface area contributed by atoms with E-state index in [1.54, 1.807) is 11.8 Å². The zero-order valence-corrected chi connectivity index (χ0v) is 15.8. The Kier molecular flexibility index (Phi) is 6.68. The lowest BCUT2D eigenvalue weighted by molar-refractivity contribution is -0.115. The van der Waals surface area contributed by atoms with E-state index in [0.717, 1.165) is 25.7 Å². The first-order valence-corrected chi connectivity index (χ1v) is 9.77. The molecule has 0 fully saturated rings. The minimum Gasteiger partial charge on any atom is -0.325 e. The van der Waals surface area contributed by atoms with Crippen molar-refractivity contribution >= 4 is 46.5 Å². The summed E-state index contributed by atoms with van der Waals surface area (Å²) in [6.07, 6.45) is 0. The molecule has 0 saturated carbocycles. The Morgan fingerprint density at radius 3 is 2.61 bits per heavy atom. The van der Waals surface area contributed by atoms with Crippen molar-refractivity contribution in [2.24, 2.45) is 0 Å². The van der Waals surface area contributed by atoms with Crippen LogP contribution in [0.2, 0.25) is 0 Å². The van der Waals surface area contributed by atoms with Crippen molar-refractivity contribution in [3.05, 3.63) is 42.0 Å². The molecule has 1 heterocycles. The van der Waals surface area contributed by atoms with Crippen LogP contribution in [-0.4, -0.2) is 27.1 Å². The highest BCUT2D eigenvalue weighted by molar-refractivity contribution is 8.04. The van der Waals surface area contributed by atoms with Crippen LogP contribution in [0, 0.1) is 6.92 Å².